The summed E-state index contributed by atoms with van der Waals surface area (Å²) in [5.74, 6) is 0. The van der Waals surface area contributed by atoms with Gasteiger partial charge in [0.15, 0.2) is 0 Å². The fourth-order valence-corrected chi connectivity index (χ4v) is 2.65. The molecule has 0 unspecified atom stereocenters. The highest BCUT2D eigenvalue weighted by Crippen LogP contribution is 2.26. The Morgan fingerprint density at radius 1 is 1.26 bits per heavy atom. The normalized spacial score (nSPS) is 13.5. The minimum atomic E-state index is 0.134. The van der Waals surface area contributed by atoms with Crippen LogP contribution >= 0.6 is 11.3 Å². The number of hydrogen-bond donors (Lipinski definition) is 1. The molecule has 4 heteroatoms. The molecule has 0 saturated heterocycles. The average Bonchev–Trinajstić information content (AvgIpc) is 2.86. The molecule has 0 amide bonds. The van der Waals surface area contributed by atoms with Gasteiger partial charge in [-0.3, -0.25) is 4.98 Å². The quantitative estimate of drug-likeness (QED) is 0.925. The zero-order valence-electron chi connectivity index (χ0n) is 12.0. The van der Waals surface area contributed by atoms with Crippen LogP contribution in [0.2, 0.25) is 0 Å². The number of aromatic nitrogens is 2. The smallest absolute Gasteiger partial charge is 0.0981 e. The molecular weight excluding hydrogens is 254 g/mol. The molecule has 0 aromatic carbocycles. The summed E-state index contributed by atoms with van der Waals surface area (Å²) in [6, 6.07) is 6.26. The van der Waals surface area contributed by atoms with Crippen LogP contribution in [-0.4, -0.2) is 9.97 Å². The van der Waals surface area contributed by atoms with Crippen LogP contribution in [0.1, 0.15) is 49.3 Å². The van der Waals surface area contributed by atoms with E-state index in [2.05, 4.69) is 43.0 Å². The molecule has 2 heterocycles. The molecule has 0 saturated carbocycles. The summed E-state index contributed by atoms with van der Waals surface area (Å²) >= 11 is 1.78. The maximum absolute atomic E-state index is 4.50. The van der Waals surface area contributed by atoms with Crippen molar-refractivity contribution in [3.63, 3.8) is 0 Å². The lowest BCUT2D eigenvalue weighted by atomic mass is 9.98. The van der Waals surface area contributed by atoms with E-state index in [0.717, 1.165) is 12.2 Å². The highest BCUT2D eigenvalue weighted by atomic mass is 32.1. The van der Waals surface area contributed by atoms with E-state index in [9.17, 15) is 0 Å². The van der Waals surface area contributed by atoms with E-state index >= 15 is 0 Å². The Morgan fingerprint density at radius 3 is 2.63 bits per heavy atom. The number of nitrogens with zero attached hydrogens (tertiary/aromatic N) is 2. The maximum Gasteiger partial charge on any atom is 0.0981 e. The number of hydrogen-bond acceptors (Lipinski definition) is 4. The third-order valence-corrected chi connectivity index (χ3v) is 4.33. The van der Waals surface area contributed by atoms with Gasteiger partial charge >= 0.3 is 0 Å². The molecule has 0 aliphatic rings. The van der Waals surface area contributed by atoms with E-state index in [1.807, 2.05) is 30.6 Å². The van der Waals surface area contributed by atoms with Crippen LogP contribution in [0.4, 0.5) is 0 Å². The summed E-state index contributed by atoms with van der Waals surface area (Å²) in [6.45, 7) is 9.55. The van der Waals surface area contributed by atoms with Crippen LogP contribution in [0.15, 0.2) is 30.6 Å². The zero-order valence-corrected chi connectivity index (χ0v) is 12.8. The summed E-state index contributed by atoms with van der Waals surface area (Å²) in [5.41, 5.74) is 1.21. The molecule has 2 rings (SSSR count). The molecule has 2 aromatic heterocycles. The van der Waals surface area contributed by atoms with Crippen LogP contribution in [0.3, 0.4) is 0 Å². The monoisotopic (exact) mass is 275 g/mol. The molecule has 0 radical (unpaired) electrons. The van der Waals surface area contributed by atoms with Crippen LogP contribution in [0.25, 0.3) is 0 Å². The minimum absolute atomic E-state index is 0.134. The Morgan fingerprint density at radius 2 is 2.05 bits per heavy atom. The molecule has 0 aliphatic carbocycles. The van der Waals surface area contributed by atoms with Gasteiger partial charge in [-0.15, -0.1) is 11.3 Å². The second-order valence-corrected chi connectivity index (χ2v) is 6.85. The molecule has 0 bridgehead atoms. The van der Waals surface area contributed by atoms with Gasteiger partial charge in [0, 0.05) is 35.3 Å². The van der Waals surface area contributed by atoms with Gasteiger partial charge in [-0.25, -0.2) is 4.98 Å². The minimum Gasteiger partial charge on any atom is -0.304 e. The van der Waals surface area contributed by atoms with Gasteiger partial charge in [0.05, 0.1) is 10.7 Å². The first-order valence-corrected chi connectivity index (χ1v) is 7.38. The average molecular weight is 275 g/mol. The van der Waals surface area contributed by atoms with Crippen molar-refractivity contribution in [1.29, 1.82) is 0 Å². The molecule has 0 aliphatic heterocycles. The van der Waals surface area contributed by atoms with Crippen molar-refractivity contribution in [2.45, 2.75) is 45.7 Å². The topological polar surface area (TPSA) is 37.8 Å². The summed E-state index contributed by atoms with van der Waals surface area (Å²) in [6.07, 6.45) is 3.81. The molecule has 1 atom stereocenters. The second kappa shape index (κ2) is 5.80. The SMILES string of the molecule is C[C@H](NCc1cnc(C(C)(C)C)s1)c1ccccn1. The van der Waals surface area contributed by atoms with E-state index in [1.54, 1.807) is 11.3 Å². The Hall–Kier alpha value is -1.26. The van der Waals surface area contributed by atoms with Crippen molar-refractivity contribution in [1.82, 2.24) is 15.3 Å². The van der Waals surface area contributed by atoms with Crippen LogP contribution < -0.4 is 5.32 Å². The summed E-state index contributed by atoms with van der Waals surface area (Å²) in [7, 11) is 0. The third kappa shape index (κ3) is 3.85. The molecule has 19 heavy (non-hydrogen) atoms. The number of pyridine rings is 1. The van der Waals surface area contributed by atoms with E-state index in [4.69, 9.17) is 0 Å². The lowest BCUT2D eigenvalue weighted by Crippen LogP contribution is -2.18. The number of rotatable bonds is 4. The van der Waals surface area contributed by atoms with E-state index in [0.29, 0.717) is 0 Å². The predicted molar refractivity (Wildman–Crippen MR) is 80.3 cm³/mol. The molecule has 0 fully saturated rings. The number of nitrogens with one attached hydrogen (secondary N) is 1. The van der Waals surface area contributed by atoms with Gasteiger partial charge in [0.2, 0.25) is 0 Å². The van der Waals surface area contributed by atoms with Gasteiger partial charge in [0.1, 0.15) is 0 Å². The third-order valence-electron chi connectivity index (χ3n) is 2.91. The molecule has 2 aromatic rings. The van der Waals surface area contributed by atoms with Crippen molar-refractivity contribution < 1.29 is 0 Å². The maximum atomic E-state index is 4.50. The fraction of sp³-hybridized carbons (Fsp3) is 0.467. The van der Waals surface area contributed by atoms with Gasteiger partial charge in [-0.1, -0.05) is 26.8 Å². The Balaban J connectivity index is 1.94. The van der Waals surface area contributed by atoms with Crippen molar-refractivity contribution in [2.24, 2.45) is 0 Å². The van der Waals surface area contributed by atoms with E-state index in [1.165, 1.54) is 9.88 Å². The lowest BCUT2D eigenvalue weighted by molar-refractivity contribution is 0.565. The van der Waals surface area contributed by atoms with Gasteiger partial charge in [-0.05, 0) is 19.1 Å². The van der Waals surface area contributed by atoms with E-state index in [-0.39, 0.29) is 11.5 Å². The molecule has 102 valence electrons. The van der Waals surface area contributed by atoms with Crippen LogP contribution in [-0.2, 0) is 12.0 Å². The Kier molecular flexibility index (Phi) is 4.32. The summed E-state index contributed by atoms with van der Waals surface area (Å²) in [4.78, 5) is 10.1. The highest BCUT2D eigenvalue weighted by molar-refractivity contribution is 7.11. The Labute approximate surface area is 119 Å². The first kappa shape index (κ1) is 14.2. The highest BCUT2D eigenvalue weighted by Gasteiger charge is 2.18. The molecule has 3 nitrogen and oxygen atoms in total. The van der Waals surface area contributed by atoms with Crippen molar-refractivity contribution in [2.75, 3.05) is 0 Å². The van der Waals surface area contributed by atoms with Gasteiger partial charge in [0.25, 0.3) is 0 Å². The first-order valence-electron chi connectivity index (χ1n) is 6.56. The Bertz CT molecular complexity index is 514. The van der Waals surface area contributed by atoms with Gasteiger partial charge < -0.3 is 5.32 Å². The lowest BCUT2D eigenvalue weighted by Gasteiger charge is -2.14. The molecule has 1 N–H and O–H groups in total. The largest absolute Gasteiger partial charge is 0.304 e. The van der Waals surface area contributed by atoms with Crippen LogP contribution in [0.5, 0.6) is 0 Å². The molecule has 0 spiro atoms. The second-order valence-electron chi connectivity index (χ2n) is 5.74. The molecular formula is C15H21N3S. The fourth-order valence-electron chi connectivity index (χ4n) is 1.73. The van der Waals surface area contributed by atoms with E-state index < -0.39 is 0 Å². The first-order chi connectivity index (χ1) is 8.97. The standard InChI is InChI=1S/C15H21N3S/c1-11(13-7-5-6-8-16-13)17-9-12-10-18-14(19-12)15(2,3)4/h5-8,10-11,17H,9H2,1-4H3/t11-/m0/s1. The van der Waals surface area contributed by atoms with Crippen LogP contribution in [0, 0.1) is 0 Å². The summed E-state index contributed by atoms with van der Waals surface area (Å²) < 4.78 is 0. The number of thiazole rings is 1. The van der Waals surface area contributed by atoms with Crippen molar-refractivity contribution >= 4 is 11.3 Å². The van der Waals surface area contributed by atoms with Crippen molar-refractivity contribution in [3.05, 3.63) is 46.2 Å². The predicted octanol–water partition coefficient (Wildman–Crippen LogP) is 3.69. The summed E-state index contributed by atoms with van der Waals surface area (Å²) in [5, 5.41) is 4.68. The van der Waals surface area contributed by atoms with Crippen molar-refractivity contribution in [3.8, 4) is 0 Å². The zero-order chi connectivity index (χ0) is 13.9. The van der Waals surface area contributed by atoms with Gasteiger partial charge in [-0.2, -0.15) is 0 Å².